The molecule has 0 aromatic carbocycles. The van der Waals surface area contributed by atoms with Gasteiger partial charge in [-0.25, -0.2) is 0 Å². The van der Waals surface area contributed by atoms with Crippen LogP contribution in [0.2, 0.25) is 0 Å². The summed E-state index contributed by atoms with van der Waals surface area (Å²) in [6.07, 6.45) is 8.92. The second kappa shape index (κ2) is 8.44. The molecule has 1 N–H and O–H groups in total. The minimum Gasteiger partial charge on any atom is -0.395 e. The monoisotopic (exact) mass is 487 g/mol. The first-order chi connectivity index (χ1) is 16.2. The fourth-order valence-electron chi connectivity index (χ4n) is 7.17. The average Bonchev–Trinajstić information content (AvgIpc) is 3.03. The van der Waals surface area contributed by atoms with E-state index in [0.29, 0.717) is 19.5 Å². The third kappa shape index (κ3) is 3.84. The molecule has 0 aliphatic carbocycles. The molecule has 4 aliphatic rings. The molecule has 0 saturated carbocycles. The van der Waals surface area contributed by atoms with Gasteiger partial charge in [0.2, 0.25) is 17.7 Å². The molecule has 0 bridgehead atoms. The van der Waals surface area contributed by atoms with E-state index in [2.05, 4.69) is 34.6 Å². The maximum atomic E-state index is 14.4. The predicted octanol–water partition coefficient (Wildman–Crippen LogP) is 1.98. The van der Waals surface area contributed by atoms with Gasteiger partial charge in [0.25, 0.3) is 0 Å². The van der Waals surface area contributed by atoms with Crippen molar-refractivity contribution < 1.29 is 24.2 Å². The molecule has 2 saturated heterocycles. The lowest BCUT2D eigenvalue weighted by Crippen LogP contribution is -2.60. The molecule has 4 aliphatic heterocycles. The smallest absolute Gasteiger partial charge is 0.249 e. The second-order valence-electron chi connectivity index (χ2n) is 12.4. The van der Waals surface area contributed by atoms with E-state index in [1.54, 1.807) is 11.9 Å². The fraction of sp³-hybridized carbons (Fsp3) is 0.741. The van der Waals surface area contributed by atoms with Crippen molar-refractivity contribution in [2.24, 2.45) is 17.3 Å². The molecule has 4 rings (SSSR count). The number of hydrogen-bond acceptors (Lipinski definition) is 5. The number of nitrogens with zero attached hydrogens (tertiary/aromatic N) is 3. The van der Waals surface area contributed by atoms with Crippen molar-refractivity contribution >= 4 is 17.7 Å². The summed E-state index contributed by atoms with van der Waals surface area (Å²) in [7, 11) is 1.73. The first-order valence-corrected chi connectivity index (χ1v) is 12.8. The molecule has 1 unspecified atom stereocenters. The molecule has 0 aromatic heterocycles. The summed E-state index contributed by atoms with van der Waals surface area (Å²) in [6.45, 7) is 13.1. The van der Waals surface area contributed by atoms with Crippen molar-refractivity contribution in [1.82, 2.24) is 14.7 Å². The maximum absolute atomic E-state index is 14.4. The van der Waals surface area contributed by atoms with Gasteiger partial charge in [-0.05, 0) is 32.1 Å². The average molecular weight is 488 g/mol. The van der Waals surface area contributed by atoms with Crippen molar-refractivity contribution in [2.75, 3.05) is 33.3 Å². The van der Waals surface area contributed by atoms with Crippen LogP contribution in [0.25, 0.3) is 0 Å². The zero-order valence-corrected chi connectivity index (χ0v) is 22.2. The lowest BCUT2D eigenvalue weighted by atomic mass is 9.73. The highest BCUT2D eigenvalue weighted by molar-refractivity contribution is 6.00. The third-order valence-electron chi connectivity index (χ3n) is 8.18. The Morgan fingerprint density at radius 1 is 1.00 bits per heavy atom. The Kier molecular flexibility index (Phi) is 6.24. The highest BCUT2D eigenvalue weighted by Gasteiger charge is 2.75. The van der Waals surface area contributed by atoms with E-state index in [9.17, 15) is 19.5 Å². The summed E-state index contributed by atoms with van der Waals surface area (Å²) in [6, 6.07) is -0.938. The van der Waals surface area contributed by atoms with Gasteiger partial charge in [-0.1, -0.05) is 52.0 Å². The molecule has 4 heterocycles. The Labute approximate surface area is 208 Å². The Bertz CT molecular complexity index is 966. The van der Waals surface area contributed by atoms with Gasteiger partial charge in [0.1, 0.15) is 11.6 Å². The summed E-state index contributed by atoms with van der Waals surface area (Å²) in [5.74, 6) is -2.20. The van der Waals surface area contributed by atoms with Gasteiger partial charge in [0, 0.05) is 32.2 Å². The van der Waals surface area contributed by atoms with Crippen LogP contribution in [0.3, 0.4) is 0 Å². The van der Waals surface area contributed by atoms with Crippen molar-refractivity contribution in [3.05, 3.63) is 24.3 Å². The molecule has 0 radical (unpaired) electrons. The highest BCUT2D eigenvalue weighted by atomic mass is 16.5. The fourth-order valence-corrected chi connectivity index (χ4v) is 7.17. The molecule has 5 atom stereocenters. The summed E-state index contributed by atoms with van der Waals surface area (Å²) in [4.78, 5) is 46.9. The second-order valence-corrected chi connectivity index (χ2v) is 12.4. The zero-order valence-electron chi connectivity index (χ0n) is 22.2. The predicted molar refractivity (Wildman–Crippen MR) is 132 cm³/mol. The van der Waals surface area contributed by atoms with Gasteiger partial charge in [-0.3, -0.25) is 14.4 Å². The van der Waals surface area contributed by atoms with E-state index in [1.807, 2.05) is 36.1 Å². The SMILES string of the molecule is CC[C@@]12C=CCN(C)C(=O)[C@@H]1[C@H]1C(=O)N(CCO)C3C(=O)N(C(C)(C)CC(C)(C)C)CC=C[C@@]31O2. The van der Waals surface area contributed by atoms with Crippen molar-refractivity contribution in [1.29, 1.82) is 0 Å². The summed E-state index contributed by atoms with van der Waals surface area (Å²) < 4.78 is 6.86. The Balaban J connectivity index is 1.86. The van der Waals surface area contributed by atoms with Crippen LogP contribution < -0.4 is 0 Å². The molecule has 8 nitrogen and oxygen atoms in total. The van der Waals surface area contributed by atoms with Crippen LogP contribution in [0.4, 0.5) is 0 Å². The Hall–Kier alpha value is -2.19. The number of ether oxygens (including phenoxy) is 1. The summed E-state index contributed by atoms with van der Waals surface area (Å²) >= 11 is 0. The molecule has 194 valence electrons. The molecule has 3 amide bonds. The number of rotatable bonds is 5. The van der Waals surface area contributed by atoms with Crippen molar-refractivity contribution in [2.45, 2.75) is 77.2 Å². The normalized spacial score (nSPS) is 35.3. The first kappa shape index (κ1) is 25.9. The topological polar surface area (TPSA) is 90.4 Å². The quantitative estimate of drug-likeness (QED) is 0.599. The van der Waals surface area contributed by atoms with Gasteiger partial charge in [-0.15, -0.1) is 0 Å². The van der Waals surface area contributed by atoms with Gasteiger partial charge in [0.05, 0.1) is 24.0 Å². The molecule has 35 heavy (non-hydrogen) atoms. The zero-order chi connectivity index (χ0) is 26.0. The standard InChI is InChI=1S/C27H41N3O5/c1-8-26-11-9-13-28(7)21(32)18(26)19-22(33)29(15-16-31)20-23(34)30(14-10-12-27(19,20)35-26)25(5,6)17-24(2,3)4/h9-12,18-20,31H,8,13-17H2,1-7H3/t18-,19-,20?,26+,27-/m0/s1. The first-order valence-electron chi connectivity index (χ1n) is 12.8. The van der Waals surface area contributed by atoms with E-state index in [-0.39, 0.29) is 36.3 Å². The summed E-state index contributed by atoms with van der Waals surface area (Å²) in [5.41, 5.74) is -2.72. The van der Waals surface area contributed by atoms with Gasteiger partial charge in [0.15, 0.2) is 0 Å². The maximum Gasteiger partial charge on any atom is 0.249 e. The number of aliphatic hydroxyl groups is 1. The summed E-state index contributed by atoms with van der Waals surface area (Å²) in [5, 5.41) is 9.84. The number of likely N-dealkylation sites (N-methyl/N-ethyl adjacent to an activating group) is 1. The number of amides is 3. The van der Waals surface area contributed by atoms with E-state index in [0.717, 1.165) is 6.42 Å². The minimum absolute atomic E-state index is 0.0125. The van der Waals surface area contributed by atoms with Gasteiger partial charge < -0.3 is 24.5 Å². The highest BCUT2D eigenvalue weighted by Crippen LogP contribution is 2.58. The van der Waals surface area contributed by atoms with E-state index in [1.165, 1.54) is 4.90 Å². The number of carbonyl (C=O) groups excluding carboxylic acids is 3. The minimum atomic E-state index is -1.27. The van der Waals surface area contributed by atoms with E-state index >= 15 is 0 Å². The molecule has 0 aromatic rings. The molecule has 2 fully saturated rings. The van der Waals surface area contributed by atoms with Crippen molar-refractivity contribution in [3.8, 4) is 0 Å². The Morgan fingerprint density at radius 2 is 1.66 bits per heavy atom. The molecule has 8 heteroatoms. The number of fused-ring (bicyclic) bond motifs is 2. The van der Waals surface area contributed by atoms with Crippen LogP contribution in [-0.2, 0) is 19.1 Å². The van der Waals surface area contributed by atoms with Crippen molar-refractivity contribution in [3.63, 3.8) is 0 Å². The lowest BCUT2D eigenvalue weighted by Gasteiger charge is -2.45. The molecule has 1 spiro atoms. The van der Waals surface area contributed by atoms with Crippen LogP contribution in [0, 0.1) is 17.3 Å². The van der Waals surface area contributed by atoms with Crippen LogP contribution in [0.15, 0.2) is 24.3 Å². The van der Waals surface area contributed by atoms with Gasteiger partial charge >= 0.3 is 0 Å². The van der Waals surface area contributed by atoms with Crippen LogP contribution in [0.1, 0.15) is 54.4 Å². The number of aliphatic hydroxyl groups excluding tert-OH is 1. The number of hydrogen-bond donors (Lipinski definition) is 1. The van der Waals surface area contributed by atoms with E-state index in [4.69, 9.17) is 4.74 Å². The Morgan fingerprint density at radius 3 is 2.26 bits per heavy atom. The van der Waals surface area contributed by atoms with Crippen LogP contribution in [0.5, 0.6) is 0 Å². The lowest BCUT2D eigenvalue weighted by molar-refractivity contribution is -0.157. The third-order valence-corrected chi connectivity index (χ3v) is 8.18. The molecular formula is C27H41N3O5. The largest absolute Gasteiger partial charge is 0.395 e. The van der Waals surface area contributed by atoms with Crippen LogP contribution in [-0.4, -0.2) is 93.6 Å². The number of likely N-dealkylation sites (tertiary alicyclic amines) is 1. The molecular weight excluding hydrogens is 446 g/mol. The number of carbonyl (C=O) groups is 3. The van der Waals surface area contributed by atoms with E-state index < -0.39 is 34.6 Å². The van der Waals surface area contributed by atoms with Gasteiger partial charge in [-0.2, -0.15) is 0 Å². The van der Waals surface area contributed by atoms with Crippen LogP contribution >= 0.6 is 0 Å². The number of β-amino-alcohol motifs (C(OH)–C–C–N with tert-alkyl or cyclic N) is 1.